The molecule has 1 spiro atoms. The van der Waals surface area contributed by atoms with Crippen LogP contribution in [-0.2, 0) is 19.8 Å². The Hall–Kier alpha value is -2.37. The van der Waals surface area contributed by atoms with Crippen LogP contribution in [-0.4, -0.2) is 52.2 Å². The first-order chi connectivity index (χ1) is 13.1. The predicted octanol–water partition coefficient (Wildman–Crippen LogP) is 2.04. The highest BCUT2D eigenvalue weighted by Crippen LogP contribution is 2.53. The highest BCUT2D eigenvalue weighted by atomic mass is 16.2. The van der Waals surface area contributed by atoms with Crippen molar-refractivity contribution in [2.75, 3.05) is 11.9 Å². The zero-order valence-electron chi connectivity index (χ0n) is 15.6. The zero-order chi connectivity index (χ0) is 18.8. The second kappa shape index (κ2) is 5.81. The lowest BCUT2D eigenvalue weighted by atomic mass is 9.72. The molecule has 142 valence electrons. The van der Waals surface area contributed by atoms with Gasteiger partial charge < -0.3 is 15.1 Å². The van der Waals surface area contributed by atoms with Gasteiger partial charge in [0.1, 0.15) is 12.1 Å². The molecule has 6 heteroatoms. The number of hydrogen-bond acceptors (Lipinski definition) is 3. The summed E-state index contributed by atoms with van der Waals surface area (Å²) < 4.78 is 0. The second-order valence-electron chi connectivity index (χ2n) is 8.28. The molecule has 0 aliphatic carbocycles. The Kier molecular flexibility index (Phi) is 3.61. The van der Waals surface area contributed by atoms with Crippen LogP contribution in [0.2, 0.25) is 0 Å². The lowest BCUT2D eigenvalue weighted by Crippen LogP contribution is -2.62. The van der Waals surface area contributed by atoms with E-state index in [0.29, 0.717) is 13.0 Å². The Morgan fingerprint density at radius 1 is 1.15 bits per heavy atom. The number of anilines is 1. The van der Waals surface area contributed by atoms with E-state index in [0.717, 1.165) is 43.4 Å². The SMILES string of the molecule is CCCC[C@@H]1N2C(=O)[C@@H]3CCCN3C(=O)[C@@H]2C[C@@]12C(=O)Nc1ccccc12. The van der Waals surface area contributed by atoms with E-state index in [1.165, 1.54) is 0 Å². The van der Waals surface area contributed by atoms with E-state index in [-0.39, 0.29) is 29.8 Å². The van der Waals surface area contributed by atoms with Gasteiger partial charge in [-0.15, -0.1) is 0 Å². The van der Waals surface area contributed by atoms with Crippen LogP contribution in [0.25, 0.3) is 0 Å². The summed E-state index contributed by atoms with van der Waals surface area (Å²) >= 11 is 0. The van der Waals surface area contributed by atoms with Crippen LogP contribution >= 0.6 is 0 Å². The Morgan fingerprint density at radius 3 is 2.78 bits per heavy atom. The minimum atomic E-state index is -0.804. The van der Waals surface area contributed by atoms with Gasteiger partial charge in [-0.3, -0.25) is 14.4 Å². The first kappa shape index (κ1) is 16.8. The summed E-state index contributed by atoms with van der Waals surface area (Å²) in [6.45, 7) is 2.78. The molecule has 6 nitrogen and oxygen atoms in total. The smallest absolute Gasteiger partial charge is 0.246 e. The van der Waals surface area contributed by atoms with E-state index in [2.05, 4.69) is 12.2 Å². The first-order valence-electron chi connectivity index (χ1n) is 10.1. The molecule has 3 saturated heterocycles. The summed E-state index contributed by atoms with van der Waals surface area (Å²) in [5, 5.41) is 3.02. The minimum absolute atomic E-state index is 0.0349. The molecule has 1 aromatic rings. The van der Waals surface area contributed by atoms with Gasteiger partial charge in [-0.2, -0.15) is 0 Å². The van der Waals surface area contributed by atoms with Crippen molar-refractivity contribution in [1.29, 1.82) is 0 Å². The number of nitrogens with zero attached hydrogens (tertiary/aromatic N) is 2. The quantitative estimate of drug-likeness (QED) is 0.889. The molecule has 3 fully saturated rings. The summed E-state index contributed by atoms with van der Waals surface area (Å²) in [6.07, 6.45) is 4.70. The van der Waals surface area contributed by atoms with Crippen LogP contribution in [0.3, 0.4) is 0 Å². The molecule has 0 saturated carbocycles. The lowest BCUT2D eigenvalue weighted by Gasteiger charge is -2.42. The molecule has 1 aromatic carbocycles. The van der Waals surface area contributed by atoms with Crippen molar-refractivity contribution in [3.63, 3.8) is 0 Å². The molecule has 5 rings (SSSR count). The molecule has 4 atom stereocenters. The molecular weight excluding hydrogens is 342 g/mol. The number of benzene rings is 1. The average Bonchev–Trinajstić information content (AvgIpc) is 3.35. The van der Waals surface area contributed by atoms with Crippen molar-refractivity contribution in [2.45, 2.75) is 69.0 Å². The van der Waals surface area contributed by atoms with Gasteiger partial charge in [0.15, 0.2) is 0 Å². The first-order valence-corrected chi connectivity index (χ1v) is 10.1. The second-order valence-corrected chi connectivity index (χ2v) is 8.28. The van der Waals surface area contributed by atoms with Crippen molar-refractivity contribution < 1.29 is 14.4 Å². The Balaban J connectivity index is 1.64. The van der Waals surface area contributed by atoms with Crippen LogP contribution in [0.5, 0.6) is 0 Å². The van der Waals surface area contributed by atoms with Crippen LogP contribution in [0, 0.1) is 0 Å². The predicted molar refractivity (Wildman–Crippen MR) is 100 cm³/mol. The molecule has 1 N–H and O–H groups in total. The van der Waals surface area contributed by atoms with Crippen molar-refractivity contribution in [1.82, 2.24) is 9.80 Å². The van der Waals surface area contributed by atoms with E-state index >= 15 is 0 Å². The van der Waals surface area contributed by atoms with E-state index in [4.69, 9.17) is 0 Å². The average molecular weight is 367 g/mol. The van der Waals surface area contributed by atoms with Gasteiger partial charge in [0.05, 0.1) is 11.5 Å². The van der Waals surface area contributed by atoms with E-state index < -0.39 is 11.5 Å². The zero-order valence-corrected chi connectivity index (χ0v) is 15.6. The molecule has 0 unspecified atom stereocenters. The van der Waals surface area contributed by atoms with E-state index in [9.17, 15) is 14.4 Å². The minimum Gasteiger partial charge on any atom is -0.329 e. The molecule has 0 aromatic heterocycles. The largest absolute Gasteiger partial charge is 0.329 e. The fraction of sp³-hybridized carbons (Fsp3) is 0.571. The number of carbonyl (C=O) groups is 3. The van der Waals surface area contributed by atoms with Gasteiger partial charge in [0, 0.05) is 12.2 Å². The number of unbranched alkanes of at least 4 members (excludes halogenated alkanes) is 1. The van der Waals surface area contributed by atoms with Crippen LogP contribution in [0.1, 0.15) is 51.0 Å². The molecule has 4 heterocycles. The van der Waals surface area contributed by atoms with Crippen molar-refractivity contribution in [3.05, 3.63) is 29.8 Å². The van der Waals surface area contributed by atoms with Gasteiger partial charge in [0.2, 0.25) is 17.7 Å². The molecule has 27 heavy (non-hydrogen) atoms. The van der Waals surface area contributed by atoms with Crippen molar-refractivity contribution >= 4 is 23.4 Å². The number of hydrogen-bond donors (Lipinski definition) is 1. The molecule has 4 aliphatic heterocycles. The molecule has 0 bridgehead atoms. The number of fused-ring (bicyclic) bond motifs is 4. The van der Waals surface area contributed by atoms with Crippen LogP contribution in [0.4, 0.5) is 5.69 Å². The lowest BCUT2D eigenvalue weighted by molar-refractivity contribution is -0.159. The summed E-state index contributed by atoms with van der Waals surface area (Å²) in [5.41, 5.74) is 0.970. The van der Waals surface area contributed by atoms with E-state index in [1.54, 1.807) is 4.90 Å². The Labute approximate surface area is 158 Å². The highest BCUT2D eigenvalue weighted by Gasteiger charge is 2.66. The van der Waals surface area contributed by atoms with E-state index in [1.807, 2.05) is 29.2 Å². The Bertz CT molecular complexity index is 838. The Morgan fingerprint density at radius 2 is 1.96 bits per heavy atom. The fourth-order valence-corrected chi connectivity index (χ4v) is 5.81. The number of piperazine rings is 1. The molecule has 0 radical (unpaired) electrons. The number of nitrogens with one attached hydrogen (secondary N) is 1. The topological polar surface area (TPSA) is 69.7 Å². The summed E-state index contributed by atoms with van der Waals surface area (Å²) in [6, 6.07) is 6.67. The monoisotopic (exact) mass is 367 g/mol. The number of carbonyl (C=O) groups excluding carboxylic acids is 3. The summed E-state index contributed by atoms with van der Waals surface area (Å²) in [7, 11) is 0. The van der Waals surface area contributed by atoms with Crippen molar-refractivity contribution in [2.24, 2.45) is 0 Å². The van der Waals surface area contributed by atoms with Crippen LogP contribution in [0.15, 0.2) is 24.3 Å². The third kappa shape index (κ3) is 2.04. The van der Waals surface area contributed by atoms with Gasteiger partial charge in [-0.05, 0) is 37.3 Å². The number of amides is 3. The normalized spacial score (nSPS) is 34.1. The third-order valence-electron chi connectivity index (χ3n) is 7.01. The highest BCUT2D eigenvalue weighted by molar-refractivity contribution is 6.09. The van der Waals surface area contributed by atoms with Gasteiger partial charge in [0.25, 0.3) is 0 Å². The van der Waals surface area contributed by atoms with Gasteiger partial charge in [-0.1, -0.05) is 38.0 Å². The fourth-order valence-electron chi connectivity index (χ4n) is 5.81. The maximum absolute atomic E-state index is 13.4. The molecule has 4 aliphatic rings. The maximum Gasteiger partial charge on any atom is 0.246 e. The number of para-hydroxylation sites is 1. The number of rotatable bonds is 3. The summed E-state index contributed by atoms with van der Waals surface area (Å²) in [5.74, 6) is 0.0277. The standard InChI is InChI=1S/C21H25N3O3/c1-2-3-10-17-21(13-7-4-5-8-14(13)22-20(21)27)12-16-18(25)23-11-6-9-15(23)19(26)24(16)17/h4-5,7-8,15-17H,2-3,6,9-12H2,1H3,(H,22,27)/t15-,16-,17-,21-/m0/s1. The molecular formula is C21H25N3O3. The summed E-state index contributed by atoms with van der Waals surface area (Å²) in [4.78, 5) is 43.4. The maximum atomic E-state index is 13.4. The molecule has 3 amide bonds. The van der Waals surface area contributed by atoms with Gasteiger partial charge in [-0.25, -0.2) is 0 Å². The van der Waals surface area contributed by atoms with Crippen molar-refractivity contribution in [3.8, 4) is 0 Å². The third-order valence-corrected chi connectivity index (χ3v) is 7.01. The van der Waals surface area contributed by atoms with Crippen LogP contribution < -0.4 is 5.32 Å². The van der Waals surface area contributed by atoms with Gasteiger partial charge >= 0.3 is 0 Å².